The number of rotatable bonds is 7. The van der Waals surface area contributed by atoms with Crippen LogP contribution in [0.4, 0.5) is 0 Å². The number of hydrogen-bond acceptors (Lipinski definition) is 2. The van der Waals surface area contributed by atoms with Crippen molar-refractivity contribution in [2.24, 2.45) is 10.9 Å². The standard InChI is InChI=1S/C22H36N4.HI/c1-5-17-6-8-19(9-7-17)22(2,3)16-25-21(23-4)24-14-18-12-13-26(15-18)20-10-11-20;/h6-9,18,20H,5,10-16H2,1-4H3,(H2,23,24,25);1H. The van der Waals surface area contributed by atoms with E-state index in [-0.39, 0.29) is 29.4 Å². The largest absolute Gasteiger partial charge is 0.356 e. The molecule has 1 aromatic rings. The molecule has 0 spiro atoms. The van der Waals surface area contributed by atoms with Crippen molar-refractivity contribution in [2.75, 3.05) is 33.2 Å². The first-order chi connectivity index (χ1) is 12.5. The number of guanidine groups is 1. The minimum Gasteiger partial charge on any atom is -0.356 e. The molecule has 27 heavy (non-hydrogen) atoms. The highest BCUT2D eigenvalue weighted by molar-refractivity contribution is 14.0. The van der Waals surface area contributed by atoms with Crippen LogP contribution in [-0.2, 0) is 11.8 Å². The Hall–Kier alpha value is -0.820. The fourth-order valence-electron chi connectivity index (χ4n) is 3.86. The van der Waals surface area contributed by atoms with Gasteiger partial charge in [0.1, 0.15) is 0 Å². The minimum absolute atomic E-state index is 0. The first-order valence-electron chi connectivity index (χ1n) is 10.3. The van der Waals surface area contributed by atoms with Crippen molar-refractivity contribution >= 4 is 29.9 Å². The first-order valence-corrected chi connectivity index (χ1v) is 10.3. The summed E-state index contributed by atoms with van der Waals surface area (Å²) in [5, 5.41) is 7.08. The molecule has 1 heterocycles. The second-order valence-corrected chi connectivity index (χ2v) is 8.62. The van der Waals surface area contributed by atoms with E-state index in [0.29, 0.717) is 0 Å². The highest BCUT2D eigenvalue weighted by atomic mass is 127. The van der Waals surface area contributed by atoms with Gasteiger partial charge in [-0.15, -0.1) is 24.0 Å². The van der Waals surface area contributed by atoms with E-state index in [0.717, 1.165) is 37.4 Å². The van der Waals surface area contributed by atoms with Crippen LogP contribution in [0.25, 0.3) is 0 Å². The van der Waals surface area contributed by atoms with Crippen molar-refractivity contribution in [3.8, 4) is 0 Å². The topological polar surface area (TPSA) is 39.7 Å². The summed E-state index contributed by atoms with van der Waals surface area (Å²) in [5.74, 6) is 1.68. The Balaban J connectivity index is 0.00000261. The van der Waals surface area contributed by atoms with Crippen LogP contribution < -0.4 is 10.6 Å². The molecule has 5 heteroatoms. The molecule has 2 fully saturated rings. The Labute approximate surface area is 182 Å². The maximum Gasteiger partial charge on any atom is 0.191 e. The molecule has 1 aliphatic heterocycles. The van der Waals surface area contributed by atoms with Gasteiger partial charge in [0.15, 0.2) is 5.96 Å². The quantitative estimate of drug-likeness (QED) is 0.352. The van der Waals surface area contributed by atoms with Gasteiger partial charge in [-0.1, -0.05) is 45.0 Å². The molecule has 2 N–H and O–H groups in total. The molecule has 0 aromatic heterocycles. The monoisotopic (exact) mass is 484 g/mol. The van der Waals surface area contributed by atoms with Crippen molar-refractivity contribution in [3.05, 3.63) is 35.4 Å². The Morgan fingerprint density at radius 2 is 1.85 bits per heavy atom. The number of likely N-dealkylation sites (tertiary alicyclic amines) is 1. The van der Waals surface area contributed by atoms with Crippen LogP contribution in [0.3, 0.4) is 0 Å². The lowest BCUT2D eigenvalue weighted by molar-refractivity contribution is 0.314. The van der Waals surface area contributed by atoms with Gasteiger partial charge < -0.3 is 15.5 Å². The summed E-state index contributed by atoms with van der Waals surface area (Å²) in [6.45, 7) is 11.2. The molecule has 1 unspecified atom stereocenters. The maximum atomic E-state index is 4.42. The Morgan fingerprint density at radius 1 is 1.15 bits per heavy atom. The average Bonchev–Trinajstić information content (AvgIpc) is 3.40. The molecule has 152 valence electrons. The van der Waals surface area contributed by atoms with Gasteiger partial charge in [-0.25, -0.2) is 0 Å². The van der Waals surface area contributed by atoms with Crippen LogP contribution in [-0.4, -0.2) is 50.1 Å². The van der Waals surface area contributed by atoms with Gasteiger partial charge in [0, 0.05) is 38.1 Å². The number of halogens is 1. The Kier molecular flexibility index (Phi) is 8.40. The summed E-state index contributed by atoms with van der Waals surface area (Å²) in [6.07, 6.45) is 5.24. The lowest BCUT2D eigenvalue weighted by Crippen LogP contribution is -2.45. The molecule has 1 saturated heterocycles. The Morgan fingerprint density at radius 3 is 2.44 bits per heavy atom. The van der Waals surface area contributed by atoms with Crippen LogP contribution in [0.15, 0.2) is 29.3 Å². The van der Waals surface area contributed by atoms with E-state index in [9.17, 15) is 0 Å². The normalized spacial score (nSPS) is 21.0. The molecule has 1 aromatic carbocycles. The van der Waals surface area contributed by atoms with Crippen LogP contribution in [0.2, 0.25) is 0 Å². The van der Waals surface area contributed by atoms with Crippen molar-refractivity contribution < 1.29 is 0 Å². The highest BCUT2D eigenvalue weighted by Crippen LogP contribution is 2.31. The Bertz CT molecular complexity index is 607. The van der Waals surface area contributed by atoms with E-state index in [1.807, 2.05) is 7.05 Å². The predicted octanol–water partition coefficient (Wildman–Crippen LogP) is 3.79. The number of nitrogens with zero attached hydrogens (tertiary/aromatic N) is 2. The van der Waals surface area contributed by atoms with E-state index in [2.05, 4.69) is 65.6 Å². The molecule has 0 radical (unpaired) electrons. The summed E-state index contributed by atoms with van der Waals surface area (Å²) in [4.78, 5) is 7.09. The van der Waals surface area contributed by atoms with E-state index in [1.165, 1.54) is 43.5 Å². The molecule has 4 nitrogen and oxygen atoms in total. The third kappa shape index (κ3) is 6.34. The van der Waals surface area contributed by atoms with Crippen LogP contribution >= 0.6 is 24.0 Å². The van der Waals surface area contributed by atoms with Crippen molar-refractivity contribution in [1.29, 1.82) is 0 Å². The summed E-state index contributed by atoms with van der Waals surface area (Å²) < 4.78 is 0. The predicted molar refractivity (Wildman–Crippen MR) is 126 cm³/mol. The SMILES string of the molecule is CCc1ccc(C(C)(C)CNC(=NC)NCC2CCN(C3CC3)C2)cc1.I. The summed E-state index contributed by atoms with van der Waals surface area (Å²) >= 11 is 0. The first kappa shape index (κ1) is 22.5. The minimum atomic E-state index is 0. The fraction of sp³-hybridized carbons (Fsp3) is 0.682. The smallest absolute Gasteiger partial charge is 0.191 e. The maximum absolute atomic E-state index is 4.42. The zero-order valence-corrected chi connectivity index (χ0v) is 19.8. The van der Waals surface area contributed by atoms with Gasteiger partial charge in [-0.05, 0) is 49.3 Å². The van der Waals surface area contributed by atoms with Gasteiger partial charge >= 0.3 is 0 Å². The van der Waals surface area contributed by atoms with Gasteiger partial charge in [0.25, 0.3) is 0 Å². The van der Waals surface area contributed by atoms with Gasteiger partial charge in [-0.3, -0.25) is 4.99 Å². The lowest BCUT2D eigenvalue weighted by atomic mass is 9.84. The lowest BCUT2D eigenvalue weighted by Gasteiger charge is -2.27. The molecular weight excluding hydrogens is 447 g/mol. The van der Waals surface area contributed by atoms with Crippen molar-refractivity contribution in [1.82, 2.24) is 15.5 Å². The van der Waals surface area contributed by atoms with Gasteiger partial charge in [0.2, 0.25) is 0 Å². The number of aliphatic imine (C=N–C) groups is 1. The molecule has 1 saturated carbocycles. The fourth-order valence-corrected chi connectivity index (χ4v) is 3.86. The molecule has 0 bridgehead atoms. The zero-order valence-electron chi connectivity index (χ0n) is 17.4. The molecule has 1 aliphatic carbocycles. The molecule has 2 aliphatic rings. The molecule has 3 rings (SSSR count). The zero-order chi connectivity index (χ0) is 18.6. The van der Waals surface area contributed by atoms with E-state index in [1.54, 1.807) is 0 Å². The molecule has 1 atom stereocenters. The summed E-state index contributed by atoms with van der Waals surface area (Å²) in [5.41, 5.74) is 2.83. The second kappa shape index (κ2) is 10.1. The number of aryl methyl sites for hydroxylation is 1. The number of benzene rings is 1. The number of nitrogens with one attached hydrogen (secondary N) is 2. The van der Waals surface area contributed by atoms with E-state index >= 15 is 0 Å². The van der Waals surface area contributed by atoms with Crippen LogP contribution in [0.1, 0.15) is 51.2 Å². The van der Waals surface area contributed by atoms with Crippen molar-refractivity contribution in [2.45, 2.75) is 57.9 Å². The second-order valence-electron chi connectivity index (χ2n) is 8.62. The van der Waals surface area contributed by atoms with E-state index < -0.39 is 0 Å². The van der Waals surface area contributed by atoms with Crippen LogP contribution in [0.5, 0.6) is 0 Å². The number of hydrogen-bond donors (Lipinski definition) is 2. The van der Waals surface area contributed by atoms with E-state index in [4.69, 9.17) is 0 Å². The van der Waals surface area contributed by atoms with Crippen molar-refractivity contribution in [3.63, 3.8) is 0 Å². The summed E-state index contributed by atoms with van der Waals surface area (Å²) in [6, 6.07) is 9.92. The van der Waals surface area contributed by atoms with Crippen LogP contribution in [0, 0.1) is 5.92 Å². The van der Waals surface area contributed by atoms with Gasteiger partial charge in [-0.2, -0.15) is 0 Å². The molecule has 0 amide bonds. The highest BCUT2D eigenvalue weighted by Gasteiger charge is 2.34. The molecular formula is C22H37IN4. The van der Waals surface area contributed by atoms with Gasteiger partial charge in [0.05, 0.1) is 0 Å². The third-order valence-corrected chi connectivity index (χ3v) is 6.00. The third-order valence-electron chi connectivity index (χ3n) is 6.00. The summed E-state index contributed by atoms with van der Waals surface area (Å²) in [7, 11) is 1.86. The average molecular weight is 484 g/mol.